The zero-order valence-corrected chi connectivity index (χ0v) is 11.0. The molecule has 2 unspecified atom stereocenters. The van der Waals surface area contributed by atoms with Gasteiger partial charge in [0.2, 0.25) is 0 Å². The Hall–Kier alpha value is -0.120. The largest absolute Gasteiger partial charge is 0.391 e. The van der Waals surface area contributed by atoms with Crippen LogP contribution in [0.5, 0.6) is 0 Å². The molecule has 1 saturated heterocycles. The van der Waals surface area contributed by atoms with Crippen molar-refractivity contribution in [3.05, 3.63) is 0 Å². The van der Waals surface area contributed by atoms with Gasteiger partial charge in [-0.3, -0.25) is 4.90 Å². The lowest BCUT2D eigenvalue weighted by Gasteiger charge is -2.43. The van der Waals surface area contributed by atoms with Crippen molar-refractivity contribution >= 4 is 0 Å². The third kappa shape index (κ3) is 2.27. The topological polar surface area (TPSA) is 32.7 Å². The molecule has 2 atom stereocenters. The van der Waals surface area contributed by atoms with E-state index in [1.807, 2.05) is 0 Å². The van der Waals surface area contributed by atoms with E-state index in [4.69, 9.17) is 4.74 Å². The predicted octanol–water partition coefficient (Wildman–Crippen LogP) is 1.65. The Morgan fingerprint density at radius 1 is 1.25 bits per heavy atom. The van der Waals surface area contributed by atoms with Gasteiger partial charge < -0.3 is 9.84 Å². The van der Waals surface area contributed by atoms with Crippen molar-refractivity contribution < 1.29 is 9.84 Å². The van der Waals surface area contributed by atoms with Crippen molar-refractivity contribution in [1.82, 2.24) is 4.90 Å². The Morgan fingerprint density at radius 2 is 1.94 bits per heavy atom. The van der Waals surface area contributed by atoms with E-state index in [2.05, 4.69) is 32.6 Å². The zero-order chi connectivity index (χ0) is 12.0. The fourth-order valence-electron chi connectivity index (χ4n) is 3.06. The summed E-state index contributed by atoms with van der Waals surface area (Å²) in [5.41, 5.74) is 0.0117. The summed E-state index contributed by atoms with van der Waals surface area (Å²) >= 11 is 0. The molecule has 0 aromatic heterocycles. The molecule has 1 aliphatic carbocycles. The summed E-state index contributed by atoms with van der Waals surface area (Å²) in [5, 5.41) is 10.4. The first-order valence-electron chi connectivity index (χ1n) is 6.38. The van der Waals surface area contributed by atoms with Crippen LogP contribution in [-0.2, 0) is 4.74 Å². The van der Waals surface area contributed by atoms with E-state index in [1.165, 1.54) is 0 Å². The number of rotatable bonds is 1. The maximum absolute atomic E-state index is 10.4. The Kier molecular flexibility index (Phi) is 3.06. The Labute approximate surface area is 98.8 Å². The molecule has 2 rings (SSSR count). The second-order valence-electron chi connectivity index (χ2n) is 6.62. The van der Waals surface area contributed by atoms with Crippen LogP contribution in [0.4, 0.5) is 0 Å². The summed E-state index contributed by atoms with van der Waals surface area (Å²) in [7, 11) is 0. The van der Waals surface area contributed by atoms with Crippen molar-refractivity contribution in [1.29, 1.82) is 0 Å². The number of aliphatic hydroxyl groups excluding tert-OH is 1. The molecule has 0 aromatic rings. The van der Waals surface area contributed by atoms with E-state index in [0.29, 0.717) is 6.04 Å². The molecule has 3 heteroatoms. The number of morpholine rings is 1. The van der Waals surface area contributed by atoms with E-state index in [-0.39, 0.29) is 17.1 Å². The van der Waals surface area contributed by atoms with Crippen LogP contribution < -0.4 is 0 Å². The van der Waals surface area contributed by atoms with E-state index in [9.17, 15) is 5.11 Å². The number of ether oxygens (including phenoxy) is 1. The highest BCUT2D eigenvalue weighted by atomic mass is 16.5. The lowest BCUT2D eigenvalue weighted by molar-refractivity contribution is -0.111. The minimum Gasteiger partial charge on any atom is -0.391 e. The first kappa shape index (κ1) is 12.3. The van der Waals surface area contributed by atoms with E-state index in [0.717, 1.165) is 32.5 Å². The van der Waals surface area contributed by atoms with E-state index < -0.39 is 0 Å². The highest BCUT2D eigenvalue weighted by molar-refractivity contribution is 4.98. The van der Waals surface area contributed by atoms with Gasteiger partial charge in [-0.1, -0.05) is 13.8 Å². The molecule has 3 nitrogen and oxygen atoms in total. The number of hydrogen-bond donors (Lipinski definition) is 1. The molecule has 1 saturated carbocycles. The van der Waals surface area contributed by atoms with Crippen molar-refractivity contribution in [2.24, 2.45) is 5.41 Å². The Bertz CT molecular complexity index is 263. The van der Waals surface area contributed by atoms with Crippen LogP contribution in [0.2, 0.25) is 0 Å². The van der Waals surface area contributed by atoms with Gasteiger partial charge in [-0.2, -0.15) is 0 Å². The standard InChI is InChI=1S/C13H25NO2/c1-12(2)6-5-10(11(12)15)14-7-8-16-13(3,4)9-14/h10-11,15H,5-9H2,1-4H3. The lowest BCUT2D eigenvalue weighted by Crippen LogP contribution is -2.55. The van der Waals surface area contributed by atoms with Gasteiger partial charge in [-0.15, -0.1) is 0 Å². The van der Waals surface area contributed by atoms with Gasteiger partial charge in [-0.25, -0.2) is 0 Å². The number of hydrogen-bond acceptors (Lipinski definition) is 3. The minimum atomic E-state index is -0.193. The molecule has 2 fully saturated rings. The average Bonchev–Trinajstić information content (AvgIpc) is 2.41. The summed E-state index contributed by atoms with van der Waals surface area (Å²) in [4.78, 5) is 2.42. The van der Waals surface area contributed by atoms with Crippen LogP contribution in [0.3, 0.4) is 0 Å². The van der Waals surface area contributed by atoms with Crippen LogP contribution in [0.1, 0.15) is 40.5 Å². The fourth-order valence-corrected chi connectivity index (χ4v) is 3.06. The average molecular weight is 227 g/mol. The highest BCUT2D eigenvalue weighted by Gasteiger charge is 2.45. The molecule has 0 spiro atoms. The monoisotopic (exact) mass is 227 g/mol. The quantitative estimate of drug-likeness (QED) is 0.739. The van der Waals surface area contributed by atoms with Crippen LogP contribution in [-0.4, -0.2) is 47.4 Å². The molecular formula is C13H25NO2. The maximum Gasteiger partial charge on any atom is 0.0753 e. The van der Waals surface area contributed by atoms with Gasteiger partial charge in [0.05, 0.1) is 18.3 Å². The van der Waals surface area contributed by atoms with Crippen molar-refractivity contribution in [2.75, 3.05) is 19.7 Å². The normalized spacial score (nSPS) is 38.8. The van der Waals surface area contributed by atoms with Gasteiger partial charge in [0, 0.05) is 19.1 Å². The van der Waals surface area contributed by atoms with Gasteiger partial charge in [-0.05, 0) is 32.1 Å². The second-order valence-corrected chi connectivity index (χ2v) is 6.62. The molecule has 0 aromatic carbocycles. The van der Waals surface area contributed by atoms with Crippen molar-refractivity contribution in [3.8, 4) is 0 Å². The molecule has 2 aliphatic rings. The summed E-state index contributed by atoms with van der Waals surface area (Å²) in [6.07, 6.45) is 2.04. The summed E-state index contributed by atoms with van der Waals surface area (Å²) in [6, 6.07) is 0.332. The minimum absolute atomic E-state index is 0.0648. The summed E-state index contributed by atoms with van der Waals surface area (Å²) in [6.45, 7) is 11.3. The molecular weight excluding hydrogens is 202 g/mol. The SMILES string of the molecule is CC1(C)CN(C2CCC(C)(C)C2O)CCO1. The summed E-state index contributed by atoms with van der Waals surface area (Å²) in [5.74, 6) is 0. The molecule has 0 amide bonds. The Balaban J connectivity index is 2.03. The van der Waals surface area contributed by atoms with Gasteiger partial charge in [0.1, 0.15) is 0 Å². The fraction of sp³-hybridized carbons (Fsp3) is 1.00. The third-order valence-corrected chi connectivity index (χ3v) is 4.17. The lowest BCUT2D eigenvalue weighted by atomic mass is 9.88. The molecule has 0 bridgehead atoms. The predicted molar refractivity (Wildman–Crippen MR) is 64.4 cm³/mol. The number of nitrogens with zero attached hydrogens (tertiary/aromatic N) is 1. The molecule has 1 N–H and O–H groups in total. The first-order chi connectivity index (χ1) is 7.32. The van der Waals surface area contributed by atoms with Crippen LogP contribution in [0.25, 0.3) is 0 Å². The summed E-state index contributed by atoms with van der Waals surface area (Å²) < 4.78 is 5.72. The highest BCUT2D eigenvalue weighted by Crippen LogP contribution is 2.40. The van der Waals surface area contributed by atoms with Crippen LogP contribution in [0.15, 0.2) is 0 Å². The van der Waals surface area contributed by atoms with Crippen molar-refractivity contribution in [2.45, 2.75) is 58.3 Å². The Morgan fingerprint density at radius 3 is 2.44 bits per heavy atom. The van der Waals surface area contributed by atoms with Crippen molar-refractivity contribution in [3.63, 3.8) is 0 Å². The maximum atomic E-state index is 10.4. The third-order valence-electron chi connectivity index (χ3n) is 4.17. The molecule has 16 heavy (non-hydrogen) atoms. The van der Waals surface area contributed by atoms with Crippen LogP contribution in [0, 0.1) is 5.41 Å². The zero-order valence-electron chi connectivity index (χ0n) is 11.0. The molecule has 1 heterocycles. The van der Waals surface area contributed by atoms with Crippen LogP contribution >= 0.6 is 0 Å². The molecule has 94 valence electrons. The van der Waals surface area contributed by atoms with Gasteiger partial charge in [0.25, 0.3) is 0 Å². The molecule has 1 aliphatic heterocycles. The van der Waals surface area contributed by atoms with Gasteiger partial charge >= 0.3 is 0 Å². The second kappa shape index (κ2) is 3.97. The van der Waals surface area contributed by atoms with E-state index in [1.54, 1.807) is 0 Å². The van der Waals surface area contributed by atoms with Gasteiger partial charge in [0.15, 0.2) is 0 Å². The number of aliphatic hydroxyl groups is 1. The first-order valence-corrected chi connectivity index (χ1v) is 6.38. The smallest absolute Gasteiger partial charge is 0.0753 e. The van der Waals surface area contributed by atoms with E-state index >= 15 is 0 Å². The molecule has 0 radical (unpaired) electrons.